The molecule has 7 nitrogen and oxygen atoms in total. The normalized spacial score (nSPS) is 19.7. The number of carboxylic acid groups (broad SMARTS) is 1. The van der Waals surface area contributed by atoms with Crippen LogP contribution in [0.5, 0.6) is 0 Å². The maximum absolute atomic E-state index is 12.5. The molecule has 182 valence electrons. The van der Waals surface area contributed by atoms with Crippen LogP contribution in [0.1, 0.15) is 46.3 Å². The summed E-state index contributed by atoms with van der Waals surface area (Å²) in [7, 11) is 3.98. The summed E-state index contributed by atoms with van der Waals surface area (Å²) in [6.45, 7) is 3.88. The molecule has 0 saturated carbocycles. The maximum atomic E-state index is 12.5. The van der Waals surface area contributed by atoms with Gasteiger partial charge in [0.05, 0.1) is 23.7 Å². The third-order valence-corrected chi connectivity index (χ3v) is 6.89. The van der Waals surface area contributed by atoms with Crippen molar-refractivity contribution >= 4 is 11.9 Å². The molecule has 0 bridgehead atoms. The van der Waals surface area contributed by atoms with Gasteiger partial charge in [-0.3, -0.25) is 9.69 Å². The number of carboxylic acids is 1. The van der Waals surface area contributed by atoms with Crippen LogP contribution in [0.25, 0.3) is 0 Å². The number of likely N-dealkylation sites (tertiary alicyclic amines) is 1. The molecule has 1 spiro atoms. The average molecular weight is 466 g/mol. The van der Waals surface area contributed by atoms with Crippen molar-refractivity contribution in [2.45, 2.75) is 43.9 Å². The van der Waals surface area contributed by atoms with E-state index in [4.69, 9.17) is 4.74 Å². The Hall–Kier alpha value is -2.74. The number of benzene rings is 2. The SMILES string of the molecule is CN(C)CCNC(=O)CC1Cc2ccccc2C2(CCN(Cc3cccc(C(=O)O)c3)CC2)O1. The van der Waals surface area contributed by atoms with Crippen molar-refractivity contribution in [3.8, 4) is 0 Å². The van der Waals surface area contributed by atoms with Crippen LogP contribution in [-0.4, -0.2) is 73.2 Å². The molecule has 2 heterocycles. The molecule has 4 rings (SSSR count). The van der Waals surface area contributed by atoms with Gasteiger partial charge in [-0.1, -0.05) is 36.4 Å². The molecule has 1 amide bonds. The Morgan fingerprint density at radius 3 is 2.65 bits per heavy atom. The summed E-state index contributed by atoms with van der Waals surface area (Å²) in [5, 5.41) is 12.3. The van der Waals surface area contributed by atoms with Crippen molar-refractivity contribution < 1.29 is 19.4 Å². The van der Waals surface area contributed by atoms with Crippen molar-refractivity contribution in [2.24, 2.45) is 0 Å². The molecule has 7 heteroatoms. The summed E-state index contributed by atoms with van der Waals surface area (Å²) in [6, 6.07) is 15.6. The summed E-state index contributed by atoms with van der Waals surface area (Å²) in [6.07, 6.45) is 2.69. The monoisotopic (exact) mass is 465 g/mol. The van der Waals surface area contributed by atoms with Crippen molar-refractivity contribution in [2.75, 3.05) is 40.3 Å². The zero-order valence-corrected chi connectivity index (χ0v) is 20.1. The zero-order valence-electron chi connectivity index (χ0n) is 20.1. The van der Waals surface area contributed by atoms with E-state index >= 15 is 0 Å². The van der Waals surface area contributed by atoms with E-state index in [-0.39, 0.29) is 17.6 Å². The van der Waals surface area contributed by atoms with E-state index in [1.807, 2.05) is 25.1 Å². The lowest BCUT2D eigenvalue weighted by Gasteiger charge is -2.47. The predicted molar refractivity (Wildman–Crippen MR) is 131 cm³/mol. The molecule has 0 aliphatic carbocycles. The van der Waals surface area contributed by atoms with Crippen LogP contribution in [0, 0.1) is 0 Å². The molecule has 34 heavy (non-hydrogen) atoms. The topological polar surface area (TPSA) is 82.1 Å². The number of hydrogen-bond donors (Lipinski definition) is 2. The van der Waals surface area contributed by atoms with E-state index in [2.05, 4.69) is 34.5 Å². The number of carbonyl (C=O) groups excluding carboxylic acids is 1. The number of rotatable bonds is 8. The van der Waals surface area contributed by atoms with Gasteiger partial charge in [-0.15, -0.1) is 0 Å². The van der Waals surface area contributed by atoms with Crippen LogP contribution in [0.3, 0.4) is 0 Å². The molecule has 1 atom stereocenters. The highest BCUT2D eigenvalue weighted by atomic mass is 16.5. The summed E-state index contributed by atoms with van der Waals surface area (Å²) in [5.41, 5.74) is 3.49. The third-order valence-electron chi connectivity index (χ3n) is 6.89. The van der Waals surface area contributed by atoms with Crippen molar-refractivity contribution in [1.29, 1.82) is 0 Å². The van der Waals surface area contributed by atoms with Gasteiger partial charge in [0.25, 0.3) is 0 Å². The standard InChI is InChI=1S/C27H35N3O4/c1-29(2)15-12-28-25(31)18-23-17-21-7-3-4-9-24(21)27(34-23)10-13-30(14-11-27)19-20-6-5-8-22(16-20)26(32)33/h3-9,16,23H,10-15,17-19H2,1-2H3,(H,28,31)(H,32,33). The van der Waals surface area contributed by atoms with Crippen LogP contribution >= 0.6 is 0 Å². The lowest BCUT2D eigenvalue weighted by Crippen LogP contribution is -2.49. The van der Waals surface area contributed by atoms with Gasteiger partial charge in [0.2, 0.25) is 5.91 Å². The quantitative estimate of drug-likeness (QED) is 0.624. The Kier molecular flexibility index (Phi) is 7.66. The summed E-state index contributed by atoms with van der Waals surface area (Å²) in [4.78, 5) is 28.3. The zero-order chi connectivity index (χ0) is 24.1. The van der Waals surface area contributed by atoms with Gasteiger partial charge in [0, 0.05) is 32.7 Å². The van der Waals surface area contributed by atoms with E-state index in [1.54, 1.807) is 18.2 Å². The number of fused-ring (bicyclic) bond motifs is 2. The lowest BCUT2D eigenvalue weighted by molar-refractivity contribution is -0.150. The van der Waals surface area contributed by atoms with Gasteiger partial charge in [-0.2, -0.15) is 0 Å². The summed E-state index contributed by atoms with van der Waals surface area (Å²) in [5.74, 6) is -0.861. The summed E-state index contributed by atoms with van der Waals surface area (Å²) < 4.78 is 6.71. The van der Waals surface area contributed by atoms with Crippen molar-refractivity contribution in [3.63, 3.8) is 0 Å². The number of amides is 1. The third kappa shape index (κ3) is 5.84. The molecular weight excluding hydrogens is 430 g/mol. The number of likely N-dealkylation sites (N-methyl/N-ethyl adjacent to an activating group) is 1. The van der Waals surface area contributed by atoms with Gasteiger partial charge >= 0.3 is 5.97 Å². The molecule has 2 N–H and O–H groups in total. The Labute approximate surface area is 201 Å². The molecule has 0 aromatic heterocycles. The summed E-state index contributed by atoms with van der Waals surface area (Å²) >= 11 is 0. The molecule has 2 aliphatic heterocycles. The minimum absolute atomic E-state index is 0.0390. The molecule has 2 aromatic carbocycles. The van der Waals surface area contributed by atoms with Gasteiger partial charge in [-0.05, 0) is 62.2 Å². The first-order valence-electron chi connectivity index (χ1n) is 12.1. The fraction of sp³-hybridized carbons (Fsp3) is 0.481. The highest BCUT2D eigenvalue weighted by molar-refractivity contribution is 5.87. The van der Waals surface area contributed by atoms with Crippen molar-refractivity contribution in [1.82, 2.24) is 15.1 Å². The fourth-order valence-corrected chi connectivity index (χ4v) is 5.14. The molecule has 0 radical (unpaired) electrons. The number of ether oxygens (including phenoxy) is 1. The van der Waals surface area contributed by atoms with Crippen LogP contribution in [0.2, 0.25) is 0 Å². The second-order valence-corrected chi connectivity index (χ2v) is 9.73. The molecule has 1 unspecified atom stereocenters. The number of piperidine rings is 1. The smallest absolute Gasteiger partial charge is 0.335 e. The van der Waals surface area contributed by atoms with Crippen LogP contribution in [-0.2, 0) is 28.1 Å². The Balaban J connectivity index is 1.41. The molecule has 2 aromatic rings. The van der Waals surface area contributed by atoms with E-state index < -0.39 is 5.97 Å². The number of nitrogens with one attached hydrogen (secondary N) is 1. The molecule has 1 saturated heterocycles. The largest absolute Gasteiger partial charge is 0.478 e. The number of carbonyl (C=O) groups is 2. The second kappa shape index (κ2) is 10.7. The minimum Gasteiger partial charge on any atom is -0.478 e. The van der Waals surface area contributed by atoms with E-state index in [0.29, 0.717) is 18.5 Å². The van der Waals surface area contributed by atoms with Crippen LogP contribution in [0.4, 0.5) is 0 Å². The Morgan fingerprint density at radius 1 is 1.15 bits per heavy atom. The lowest BCUT2D eigenvalue weighted by atomic mass is 9.77. The predicted octanol–water partition coefficient (Wildman–Crippen LogP) is 2.89. The highest BCUT2D eigenvalue weighted by Gasteiger charge is 2.43. The molecule has 2 aliphatic rings. The van der Waals surface area contributed by atoms with Crippen molar-refractivity contribution in [3.05, 3.63) is 70.8 Å². The van der Waals surface area contributed by atoms with E-state index in [1.165, 1.54) is 11.1 Å². The first kappa shape index (κ1) is 24.4. The Morgan fingerprint density at radius 2 is 1.91 bits per heavy atom. The van der Waals surface area contributed by atoms with Gasteiger partial charge in [0.15, 0.2) is 0 Å². The number of nitrogens with zero attached hydrogens (tertiary/aromatic N) is 2. The van der Waals surface area contributed by atoms with Crippen LogP contribution in [0.15, 0.2) is 48.5 Å². The highest BCUT2D eigenvalue weighted by Crippen LogP contribution is 2.44. The first-order valence-corrected chi connectivity index (χ1v) is 12.1. The second-order valence-electron chi connectivity index (χ2n) is 9.73. The molecule has 1 fully saturated rings. The van der Waals surface area contributed by atoms with E-state index in [9.17, 15) is 14.7 Å². The maximum Gasteiger partial charge on any atom is 0.335 e. The van der Waals surface area contributed by atoms with Gasteiger partial charge < -0.3 is 20.1 Å². The first-order chi connectivity index (χ1) is 16.3. The average Bonchev–Trinajstić information content (AvgIpc) is 2.81. The Bertz CT molecular complexity index is 1010. The van der Waals surface area contributed by atoms with Gasteiger partial charge in [0.1, 0.15) is 0 Å². The number of hydrogen-bond acceptors (Lipinski definition) is 5. The van der Waals surface area contributed by atoms with Gasteiger partial charge in [-0.25, -0.2) is 4.79 Å². The number of aromatic carboxylic acids is 1. The molecular formula is C27H35N3O4. The van der Waals surface area contributed by atoms with E-state index in [0.717, 1.165) is 51.0 Å². The minimum atomic E-state index is -0.900. The van der Waals surface area contributed by atoms with Crippen LogP contribution < -0.4 is 5.32 Å². The fourth-order valence-electron chi connectivity index (χ4n) is 5.14.